The first-order chi connectivity index (χ1) is 12.5. The number of carboxylic acid groups (broad SMARTS) is 1. The summed E-state index contributed by atoms with van der Waals surface area (Å²) in [6.07, 6.45) is 0.950. The molecular formula is C20H17F2NO3. The van der Waals surface area contributed by atoms with Crippen LogP contribution in [0.15, 0.2) is 42.5 Å². The average molecular weight is 357 g/mol. The summed E-state index contributed by atoms with van der Waals surface area (Å²) in [4.78, 5) is 26.1. The molecule has 0 aromatic heterocycles. The highest BCUT2D eigenvalue weighted by Crippen LogP contribution is 2.50. The molecule has 6 heteroatoms. The van der Waals surface area contributed by atoms with Gasteiger partial charge in [0.1, 0.15) is 0 Å². The molecule has 1 amide bonds. The third kappa shape index (κ3) is 2.75. The Balaban J connectivity index is 1.57. The van der Waals surface area contributed by atoms with Gasteiger partial charge in [0.15, 0.2) is 11.6 Å². The van der Waals surface area contributed by atoms with Crippen LogP contribution in [0.1, 0.15) is 35.8 Å². The molecule has 134 valence electrons. The van der Waals surface area contributed by atoms with Gasteiger partial charge in [-0.05, 0) is 48.1 Å². The SMILES string of the molecule is O=C(O)C1CCN(C(=O)C2CC2c2ccc(F)c(F)c2)c2ccccc21. The molecule has 1 saturated carbocycles. The summed E-state index contributed by atoms with van der Waals surface area (Å²) < 4.78 is 26.5. The van der Waals surface area contributed by atoms with E-state index >= 15 is 0 Å². The van der Waals surface area contributed by atoms with E-state index in [1.165, 1.54) is 6.07 Å². The van der Waals surface area contributed by atoms with Gasteiger partial charge in [-0.1, -0.05) is 24.3 Å². The van der Waals surface area contributed by atoms with Crippen LogP contribution in [0.4, 0.5) is 14.5 Å². The van der Waals surface area contributed by atoms with Crippen LogP contribution in [0.2, 0.25) is 0 Å². The molecule has 0 saturated heterocycles. The van der Waals surface area contributed by atoms with E-state index in [1.54, 1.807) is 29.2 Å². The van der Waals surface area contributed by atoms with Crippen molar-refractivity contribution in [1.29, 1.82) is 0 Å². The lowest BCUT2D eigenvalue weighted by Crippen LogP contribution is -2.39. The molecule has 2 aliphatic rings. The zero-order valence-electron chi connectivity index (χ0n) is 13.9. The van der Waals surface area contributed by atoms with Gasteiger partial charge >= 0.3 is 5.97 Å². The van der Waals surface area contributed by atoms with Crippen LogP contribution in [-0.2, 0) is 9.59 Å². The third-order valence-corrected chi connectivity index (χ3v) is 5.29. The molecule has 4 nitrogen and oxygen atoms in total. The van der Waals surface area contributed by atoms with Crippen LogP contribution in [0, 0.1) is 17.6 Å². The summed E-state index contributed by atoms with van der Waals surface area (Å²) in [5, 5.41) is 9.40. The summed E-state index contributed by atoms with van der Waals surface area (Å²) in [7, 11) is 0. The first-order valence-corrected chi connectivity index (χ1v) is 8.55. The Labute approximate surface area is 149 Å². The Hall–Kier alpha value is -2.76. The number of rotatable bonds is 3. The van der Waals surface area contributed by atoms with Crippen molar-refractivity contribution in [2.24, 2.45) is 5.92 Å². The van der Waals surface area contributed by atoms with Crippen molar-refractivity contribution < 1.29 is 23.5 Å². The summed E-state index contributed by atoms with van der Waals surface area (Å²) in [5.41, 5.74) is 1.90. The van der Waals surface area contributed by atoms with Crippen LogP contribution >= 0.6 is 0 Å². The van der Waals surface area contributed by atoms with E-state index in [0.717, 1.165) is 12.1 Å². The van der Waals surface area contributed by atoms with Crippen molar-refractivity contribution in [3.05, 3.63) is 65.2 Å². The minimum atomic E-state index is -0.909. The van der Waals surface area contributed by atoms with Crippen LogP contribution < -0.4 is 4.90 Å². The Kier molecular flexibility index (Phi) is 3.98. The van der Waals surface area contributed by atoms with Gasteiger partial charge in [0.25, 0.3) is 0 Å². The number of carboxylic acids is 1. The highest BCUT2D eigenvalue weighted by molar-refractivity contribution is 5.99. The Morgan fingerprint density at radius 2 is 1.85 bits per heavy atom. The molecule has 0 radical (unpaired) electrons. The molecule has 1 fully saturated rings. The summed E-state index contributed by atoms with van der Waals surface area (Å²) in [5.74, 6) is -3.81. The van der Waals surface area contributed by atoms with Gasteiger partial charge < -0.3 is 10.0 Å². The van der Waals surface area contributed by atoms with Gasteiger partial charge in [-0.3, -0.25) is 9.59 Å². The number of hydrogen-bond acceptors (Lipinski definition) is 2. The van der Waals surface area contributed by atoms with Gasteiger partial charge in [-0.2, -0.15) is 0 Å². The number of hydrogen-bond donors (Lipinski definition) is 1. The molecule has 4 rings (SSSR count). The van der Waals surface area contributed by atoms with Gasteiger partial charge in [-0.25, -0.2) is 8.78 Å². The Morgan fingerprint density at radius 3 is 2.58 bits per heavy atom. The maximum absolute atomic E-state index is 13.4. The monoisotopic (exact) mass is 357 g/mol. The second-order valence-corrected chi connectivity index (χ2v) is 6.85. The number of anilines is 1. The predicted molar refractivity (Wildman–Crippen MR) is 91.0 cm³/mol. The quantitative estimate of drug-likeness (QED) is 0.912. The lowest BCUT2D eigenvalue weighted by Gasteiger charge is -2.33. The Bertz CT molecular complexity index is 898. The standard InChI is InChI=1S/C20H17F2NO3/c21-16-6-5-11(9-17(16)22)14-10-15(14)19(24)23-8-7-13(20(25)26)12-3-1-2-4-18(12)23/h1-6,9,13-15H,7-8,10H2,(H,25,26). The second kappa shape index (κ2) is 6.20. The lowest BCUT2D eigenvalue weighted by molar-refractivity contribution is -0.139. The average Bonchev–Trinajstić information content (AvgIpc) is 3.43. The maximum atomic E-state index is 13.4. The molecule has 0 spiro atoms. The Morgan fingerprint density at radius 1 is 1.08 bits per heavy atom. The first kappa shape index (κ1) is 16.7. The molecule has 3 unspecified atom stereocenters. The minimum Gasteiger partial charge on any atom is -0.481 e. The molecule has 2 aromatic rings. The van der Waals surface area contributed by atoms with E-state index in [0.29, 0.717) is 36.2 Å². The zero-order chi connectivity index (χ0) is 18.4. The van der Waals surface area contributed by atoms with Gasteiger partial charge in [-0.15, -0.1) is 0 Å². The third-order valence-electron chi connectivity index (χ3n) is 5.29. The van der Waals surface area contributed by atoms with E-state index < -0.39 is 23.5 Å². The van der Waals surface area contributed by atoms with Crippen molar-refractivity contribution >= 4 is 17.6 Å². The fourth-order valence-electron chi connectivity index (χ4n) is 3.83. The van der Waals surface area contributed by atoms with Crippen LogP contribution in [0.5, 0.6) is 0 Å². The number of carbonyl (C=O) groups is 2. The summed E-state index contributed by atoms with van der Waals surface area (Å²) >= 11 is 0. The van der Waals surface area contributed by atoms with Crippen molar-refractivity contribution in [2.75, 3.05) is 11.4 Å². The molecule has 0 bridgehead atoms. The van der Waals surface area contributed by atoms with E-state index in [4.69, 9.17) is 0 Å². The zero-order valence-corrected chi connectivity index (χ0v) is 13.9. The smallest absolute Gasteiger partial charge is 0.311 e. The van der Waals surface area contributed by atoms with E-state index in [2.05, 4.69) is 0 Å². The number of nitrogens with zero attached hydrogens (tertiary/aromatic N) is 1. The molecule has 1 N–H and O–H groups in total. The first-order valence-electron chi connectivity index (χ1n) is 8.55. The molecule has 3 atom stereocenters. The van der Waals surface area contributed by atoms with E-state index in [-0.39, 0.29) is 17.7 Å². The predicted octanol–water partition coefficient (Wildman–Crippen LogP) is 3.67. The highest BCUT2D eigenvalue weighted by atomic mass is 19.2. The fourth-order valence-corrected chi connectivity index (χ4v) is 3.83. The largest absolute Gasteiger partial charge is 0.481 e. The summed E-state index contributed by atoms with van der Waals surface area (Å²) in [6, 6.07) is 10.8. The number of halogens is 2. The van der Waals surface area contributed by atoms with E-state index in [9.17, 15) is 23.5 Å². The molecule has 26 heavy (non-hydrogen) atoms. The number of amides is 1. The number of benzene rings is 2. The lowest BCUT2D eigenvalue weighted by atomic mass is 9.89. The van der Waals surface area contributed by atoms with Crippen LogP contribution in [0.25, 0.3) is 0 Å². The summed E-state index contributed by atoms with van der Waals surface area (Å²) in [6.45, 7) is 0.341. The molecule has 1 aliphatic carbocycles. The number of para-hydroxylation sites is 1. The van der Waals surface area contributed by atoms with Crippen molar-refractivity contribution in [3.8, 4) is 0 Å². The maximum Gasteiger partial charge on any atom is 0.311 e. The van der Waals surface area contributed by atoms with Crippen LogP contribution in [0.3, 0.4) is 0 Å². The van der Waals surface area contributed by atoms with Gasteiger partial charge in [0.05, 0.1) is 5.92 Å². The number of fused-ring (bicyclic) bond motifs is 1. The van der Waals surface area contributed by atoms with E-state index in [1.807, 2.05) is 0 Å². The molecular weight excluding hydrogens is 340 g/mol. The normalized spacial score (nSPS) is 24.1. The van der Waals surface area contributed by atoms with Crippen molar-refractivity contribution in [2.45, 2.75) is 24.7 Å². The topological polar surface area (TPSA) is 57.6 Å². The van der Waals surface area contributed by atoms with Crippen molar-refractivity contribution in [3.63, 3.8) is 0 Å². The van der Waals surface area contributed by atoms with Crippen molar-refractivity contribution in [1.82, 2.24) is 0 Å². The molecule has 1 heterocycles. The number of aliphatic carboxylic acids is 1. The second-order valence-electron chi connectivity index (χ2n) is 6.85. The molecule has 2 aromatic carbocycles. The highest BCUT2D eigenvalue weighted by Gasteiger charge is 2.47. The van der Waals surface area contributed by atoms with Crippen LogP contribution in [-0.4, -0.2) is 23.5 Å². The fraction of sp³-hybridized carbons (Fsp3) is 0.300. The molecule has 1 aliphatic heterocycles. The van der Waals surface area contributed by atoms with Gasteiger partial charge in [0, 0.05) is 18.2 Å². The number of carbonyl (C=O) groups excluding carboxylic acids is 1. The minimum absolute atomic E-state index is 0.0870. The van der Waals surface area contributed by atoms with Gasteiger partial charge in [0.2, 0.25) is 5.91 Å².